The van der Waals surface area contributed by atoms with E-state index in [4.69, 9.17) is 5.73 Å². The number of nitrogens with one attached hydrogen (secondary N) is 1. The fraction of sp³-hybridized carbons (Fsp3) is 0.250. The fourth-order valence-corrected chi connectivity index (χ4v) is 2.49. The van der Waals surface area contributed by atoms with E-state index in [1.165, 1.54) is 0 Å². The molecule has 4 N–H and O–H groups in total. The lowest BCUT2D eigenvalue weighted by Crippen LogP contribution is -1.96. The van der Waals surface area contributed by atoms with Crippen LogP contribution in [0.5, 0.6) is 5.75 Å². The number of hydrogen-bond donors (Lipinski definition) is 3. The lowest BCUT2D eigenvalue weighted by atomic mass is 9.93. The third kappa shape index (κ3) is 1.70. The van der Waals surface area contributed by atoms with Crippen molar-refractivity contribution in [3.63, 3.8) is 0 Å². The summed E-state index contributed by atoms with van der Waals surface area (Å²) in [5.74, 6) is 0.819. The van der Waals surface area contributed by atoms with Crippen LogP contribution in [0.3, 0.4) is 0 Å². The molecule has 0 unspecified atom stereocenters. The molecule has 17 heavy (non-hydrogen) atoms. The molecule has 0 aliphatic rings. The Bertz CT molecular complexity index is 561. The second-order valence-corrected chi connectivity index (χ2v) is 4.90. The molecule has 1 heterocycles. The van der Waals surface area contributed by atoms with Crippen molar-refractivity contribution in [2.24, 2.45) is 0 Å². The zero-order valence-electron chi connectivity index (χ0n) is 9.93. The van der Waals surface area contributed by atoms with Crippen molar-refractivity contribution in [3.8, 4) is 16.9 Å². The maximum absolute atomic E-state index is 9.96. The molecule has 0 bridgehead atoms. The number of nitrogens with zero attached hydrogens (tertiary/aromatic N) is 1. The first kappa shape index (κ1) is 12.0. The highest BCUT2D eigenvalue weighted by molar-refractivity contribution is 9.10. The molecule has 2 aromatic rings. The van der Waals surface area contributed by atoms with Gasteiger partial charge >= 0.3 is 0 Å². The van der Waals surface area contributed by atoms with Gasteiger partial charge in [-0.2, -0.15) is 5.10 Å². The molecule has 0 fully saturated rings. The van der Waals surface area contributed by atoms with Gasteiger partial charge in [0, 0.05) is 5.56 Å². The highest BCUT2D eigenvalue weighted by atomic mass is 79.9. The Morgan fingerprint density at radius 2 is 1.88 bits per heavy atom. The Morgan fingerprint density at radius 1 is 1.24 bits per heavy atom. The minimum Gasteiger partial charge on any atom is -0.506 e. The van der Waals surface area contributed by atoms with E-state index in [-0.39, 0.29) is 5.75 Å². The highest BCUT2D eigenvalue weighted by Crippen LogP contribution is 2.41. The standard InChI is InChI=1S/C12H14BrN3O/c1-5-6(2)11(17)10(13)7(3)9(5)8-4-15-16-12(8)14/h4,17H,1-3H3,(H3,14,15,16). The molecule has 0 amide bonds. The molecule has 1 aromatic heterocycles. The van der Waals surface area contributed by atoms with Crippen molar-refractivity contribution in [2.75, 3.05) is 5.73 Å². The molecule has 5 heteroatoms. The number of anilines is 1. The summed E-state index contributed by atoms with van der Waals surface area (Å²) >= 11 is 3.40. The average molecular weight is 296 g/mol. The molecule has 0 atom stereocenters. The van der Waals surface area contributed by atoms with Crippen LogP contribution in [0.1, 0.15) is 16.7 Å². The smallest absolute Gasteiger partial charge is 0.133 e. The summed E-state index contributed by atoms with van der Waals surface area (Å²) < 4.78 is 0.705. The van der Waals surface area contributed by atoms with Crippen molar-refractivity contribution in [3.05, 3.63) is 27.4 Å². The molecule has 90 valence electrons. The van der Waals surface area contributed by atoms with Crippen LogP contribution in [0.2, 0.25) is 0 Å². The minimum atomic E-state index is 0.283. The minimum absolute atomic E-state index is 0.283. The molecule has 2 rings (SSSR count). The number of phenolic OH excluding ortho intramolecular Hbond substituents is 1. The number of hydrogen-bond acceptors (Lipinski definition) is 3. The number of H-pyrrole nitrogens is 1. The molecular formula is C12H14BrN3O. The largest absolute Gasteiger partial charge is 0.506 e. The summed E-state index contributed by atoms with van der Waals surface area (Å²) in [6, 6.07) is 0. The van der Waals surface area contributed by atoms with Gasteiger partial charge in [-0.3, -0.25) is 5.10 Å². The van der Waals surface area contributed by atoms with Crippen molar-refractivity contribution >= 4 is 21.7 Å². The summed E-state index contributed by atoms with van der Waals surface area (Å²) in [4.78, 5) is 0. The van der Waals surface area contributed by atoms with Crippen LogP contribution in [0, 0.1) is 20.8 Å². The number of nitrogens with two attached hydrogens (primary N) is 1. The third-order valence-electron chi connectivity index (χ3n) is 3.14. The monoisotopic (exact) mass is 295 g/mol. The SMILES string of the molecule is Cc1c(C)c(-c2cn[nH]c2N)c(C)c(Br)c1O. The highest BCUT2D eigenvalue weighted by Gasteiger charge is 2.18. The molecule has 4 nitrogen and oxygen atoms in total. The van der Waals surface area contributed by atoms with Gasteiger partial charge < -0.3 is 10.8 Å². The number of aromatic nitrogens is 2. The first-order valence-corrected chi connectivity index (χ1v) is 6.01. The lowest BCUT2D eigenvalue weighted by molar-refractivity contribution is 0.466. The Balaban J connectivity index is 2.84. The molecule has 0 saturated carbocycles. The van der Waals surface area contributed by atoms with Crippen LogP contribution in [-0.2, 0) is 0 Å². The van der Waals surface area contributed by atoms with Gasteiger partial charge in [0.1, 0.15) is 11.6 Å². The zero-order valence-corrected chi connectivity index (χ0v) is 11.5. The number of nitrogen functional groups attached to an aromatic ring is 1. The van der Waals surface area contributed by atoms with Gasteiger partial charge in [-0.25, -0.2) is 0 Å². The molecule has 0 aliphatic carbocycles. The number of benzene rings is 1. The van der Waals surface area contributed by atoms with E-state index in [1.807, 2.05) is 20.8 Å². The zero-order chi connectivity index (χ0) is 12.7. The Morgan fingerprint density at radius 3 is 2.41 bits per heavy atom. The van der Waals surface area contributed by atoms with E-state index in [1.54, 1.807) is 6.20 Å². The van der Waals surface area contributed by atoms with Gasteiger partial charge in [0.25, 0.3) is 0 Å². The number of rotatable bonds is 1. The molecule has 0 saturated heterocycles. The number of phenols is 1. The third-order valence-corrected chi connectivity index (χ3v) is 4.11. The van der Waals surface area contributed by atoms with Crippen molar-refractivity contribution < 1.29 is 5.11 Å². The lowest BCUT2D eigenvalue weighted by Gasteiger charge is -2.15. The molecule has 1 aromatic carbocycles. The quantitative estimate of drug-likeness (QED) is 0.757. The van der Waals surface area contributed by atoms with E-state index in [2.05, 4.69) is 26.1 Å². The maximum atomic E-state index is 9.96. The van der Waals surface area contributed by atoms with Gasteiger partial charge in [0.2, 0.25) is 0 Å². The summed E-state index contributed by atoms with van der Waals surface area (Å²) in [5, 5.41) is 16.6. The Kier molecular flexibility index (Phi) is 2.87. The van der Waals surface area contributed by atoms with E-state index in [0.29, 0.717) is 10.3 Å². The summed E-state index contributed by atoms with van der Waals surface area (Å²) in [5.41, 5.74) is 10.5. The number of halogens is 1. The number of aromatic hydroxyl groups is 1. The van der Waals surface area contributed by atoms with Gasteiger partial charge in [0.15, 0.2) is 0 Å². The Labute approximate surface area is 108 Å². The average Bonchev–Trinajstić information content (AvgIpc) is 2.71. The summed E-state index contributed by atoms with van der Waals surface area (Å²) in [6.07, 6.45) is 1.70. The van der Waals surface area contributed by atoms with Crippen molar-refractivity contribution in [1.29, 1.82) is 0 Å². The molecular weight excluding hydrogens is 282 g/mol. The van der Waals surface area contributed by atoms with E-state index in [9.17, 15) is 5.11 Å². The van der Waals surface area contributed by atoms with Crippen LogP contribution in [0.25, 0.3) is 11.1 Å². The topological polar surface area (TPSA) is 74.9 Å². The van der Waals surface area contributed by atoms with Gasteiger partial charge in [-0.05, 0) is 59.0 Å². The second-order valence-electron chi connectivity index (χ2n) is 4.11. The summed E-state index contributed by atoms with van der Waals surface area (Å²) in [7, 11) is 0. The molecule has 0 radical (unpaired) electrons. The van der Waals surface area contributed by atoms with E-state index < -0.39 is 0 Å². The van der Waals surface area contributed by atoms with E-state index in [0.717, 1.165) is 27.8 Å². The first-order chi connectivity index (χ1) is 7.95. The molecule has 0 spiro atoms. The van der Waals surface area contributed by atoms with Gasteiger partial charge in [-0.1, -0.05) is 0 Å². The number of aromatic amines is 1. The second kappa shape index (κ2) is 4.07. The first-order valence-electron chi connectivity index (χ1n) is 5.22. The normalized spacial score (nSPS) is 10.8. The van der Waals surface area contributed by atoms with Gasteiger partial charge in [0.05, 0.1) is 10.7 Å². The van der Waals surface area contributed by atoms with Crippen LogP contribution in [0.4, 0.5) is 5.82 Å². The van der Waals surface area contributed by atoms with Crippen LogP contribution in [0.15, 0.2) is 10.7 Å². The maximum Gasteiger partial charge on any atom is 0.133 e. The molecule has 0 aliphatic heterocycles. The van der Waals surface area contributed by atoms with Crippen LogP contribution in [-0.4, -0.2) is 15.3 Å². The van der Waals surface area contributed by atoms with E-state index >= 15 is 0 Å². The predicted octanol–water partition coefficient (Wildman–Crippen LogP) is 3.05. The predicted molar refractivity (Wildman–Crippen MR) is 72.0 cm³/mol. The fourth-order valence-electron chi connectivity index (χ4n) is 2.00. The van der Waals surface area contributed by atoms with Crippen molar-refractivity contribution in [1.82, 2.24) is 10.2 Å². The van der Waals surface area contributed by atoms with Crippen LogP contribution < -0.4 is 5.73 Å². The van der Waals surface area contributed by atoms with Crippen molar-refractivity contribution in [2.45, 2.75) is 20.8 Å². The Hall–Kier alpha value is -1.49. The van der Waals surface area contributed by atoms with Gasteiger partial charge in [-0.15, -0.1) is 0 Å². The van der Waals surface area contributed by atoms with Crippen LogP contribution >= 0.6 is 15.9 Å². The summed E-state index contributed by atoms with van der Waals surface area (Å²) in [6.45, 7) is 5.79.